The van der Waals surface area contributed by atoms with Crippen LogP contribution in [0.1, 0.15) is 33.6 Å². The molecule has 1 atom stereocenters. The fraction of sp³-hybridized carbons (Fsp3) is 0.800. The molecule has 0 aliphatic rings. The second-order valence-corrected chi connectivity index (χ2v) is 4.82. The lowest BCUT2D eigenvalue weighted by Gasteiger charge is -2.27. The number of carbonyl (C=O) groups is 2. The summed E-state index contributed by atoms with van der Waals surface area (Å²) in [6.45, 7) is 4.74. The largest absolute Gasteiger partial charge is 0.480 e. The number of hydrogen-bond donors (Lipinski definition) is 2. The molecule has 2 N–H and O–H groups in total. The first-order valence-corrected chi connectivity index (χ1v) is 5.02. The summed E-state index contributed by atoms with van der Waals surface area (Å²) in [5.74, 6) is -2.18. The van der Waals surface area contributed by atoms with E-state index in [0.717, 1.165) is 0 Å². The van der Waals surface area contributed by atoms with E-state index in [9.17, 15) is 22.8 Å². The van der Waals surface area contributed by atoms with Gasteiger partial charge in [0.15, 0.2) is 0 Å². The van der Waals surface area contributed by atoms with Gasteiger partial charge < -0.3 is 10.4 Å². The van der Waals surface area contributed by atoms with Crippen molar-refractivity contribution in [3.8, 4) is 0 Å². The van der Waals surface area contributed by atoms with E-state index in [2.05, 4.69) is 5.32 Å². The quantitative estimate of drug-likeness (QED) is 0.806. The van der Waals surface area contributed by atoms with Crippen LogP contribution in [0, 0.1) is 5.41 Å². The molecule has 0 spiro atoms. The average Bonchev–Trinajstić information content (AvgIpc) is 2.07. The highest BCUT2D eigenvalue weighted by Crippen LogP contribution is 2.22. The predicted octanol–water partition coefficient (Wildman–Crippen LogP) is 1.94. The molecule has 0 saturated carbocycles. The topological polar surface area (TPSA) is 66.4 Å². The van der Waals surface area contributed by atoms with E-state index in [-0.39, 0.29) is 0 Å². The fourth-order valence-electron chi connectivity index (χ4n) is 1.14. The standard InChI is InChI=1S/C10H16F3NO3/c1-9(2,3)7(8(16)17)14-6(15)4-5-10(11,12)13/h7H,4-5H2,1-3H3,(H,14,15)(H,16,17)/t7-/m1/s1. The summed E-state index contributed by atoms with van der Waals surface area (Å²) in [6, 6.07) is -1.21. The maximum Gasteiger partial charge on any atom is 0.389 e. The number of nitrogens with one attached hydrogen (secondary N) is 1. The number of carboxylic acid groups (broad SMARTS) is 1. The van der Waals surface area contributed by atoms with E-state index in [4.69, 9.17) is 5.11 Å². The molecule has 1 amide bonds. The third-order valence-electron chi connectivity index (χ3n) is 2.05. The van der Waals surface area contributed by atoms with Crippen LogP contribution in [0.5, 0.6) is 0 Å². The van der Waals surface area contributed by atoms with Gasteiger partial charge in [-0.15, -0.1) is 0 Å². The van der Waals surface area contributed by atoms with Crippen LogP contribution in [-0.4, -0.2) is 29.2 Å². The Balaban J connectivity index is 4.39. The Hall–Kier alpha value is -1.27. The summed E-state index contributed by atoms with van der Waals surface area (Å²) in [6.07, 6.45) is -6.43. The fourth-order valence-corrected chi connectivity index (χ4v) is 1.14. The number of alkyl halides is 3. The van der Waals surface area contributed by atoms with Crippen LogP contribution in [0.4, 0.5) is 13.2 Å². The molecule has 100 valence electrons. The molecule has 7 heteroatoms. The van der Waals surface area contributed by atoms with Gasteiger partial charge in [0.1, 0.15) is 6.04 Å². The smallest absolute Gasteiger partial charge is 0.389 e. The van der Waals surface area contributed by atoms with Gasteiger partial charge in [0, 0.05) is 6.42 Å². The monoisotopic (exact) mass is 255 g/mol. The van der Waals surface area contributed by atoms with E-state index >= 15 is 0 Å². The zero-order chi connectivity index (χ0) is 13.9. The number of aliphatic carboxylic acids is 1. The molecule has 0 saturated heterocycles. The molecule has 0 radical (unpaired) electrons. The van der Waals surface area contributed by atoms with Gasteiger partial charge in [-0.3, -0.25) is 4.79 Å². The lowest BCUT2D eigenvalue weighted by atomic mass is 9.86. The Kier molecular flexibility index (Phi) is 4.97. The Morgan fingerprint density at radius 2 is 1.71 bits per heavy atom. The first kappa shape index (κ1) is 15.7. The van der Waals surface area contributed by atoms with Gasteiger partial charge in [-0.1, -0.05) is 20.8 Å². The van der Waals surface area contributed by atoms with Crippen LogP contribution in [0.25, 0.3) is 0 Å². The third kappa shape index (κ3) is 6.80. The number of carboxylic acids is 1. The lowest BCUT2D eigenvalue weighted by Crippen LogP contribution is -2.49. The van der Waals surface area contributed by atoms with Crippen LogP contribution in [-0.2, 0) is 9.59 Å². The zero-order valence-electron chi connectivity index (χ0n) is 9.89. The molecule has 4 nitrogen and oxygen atoms in total. The van der Waals surface area contributed by atoms with Gasteiger partial charge in [-0.25, -0.2) is 4.79 Å². The number of carbonyl (C=O) groups excluding carboxylic acids is 1. The summed E-state index contributed by atoms with van der Waals surface area (Å²) >= 11 is 0. The van der Waals surface area contributed by atoms with Crippen molar-refractivity contribution >= 4 is 11.9 Å². The van der Waals surface area contributed by atoms with Crippen molar-refractivity contribution in [3.63, 3.8) is 0 Å². The summed E-state index contributed by atoms with van der Waals surface area (Å²) in [5, 5.41) is 10.9. The minimum atomic E-state index is -4.42. The van der Waals surface area contributed by atoms with Gasteiger partial charge >= 0.3 is 12.1 Å². The van der Waals surface area contributed by atoms with Gasteiger partial charge in [0.05, 0.1) is 6.42 Å². The maximum absolute atomic E-state index is 11.8. The summed E-state index contributed by atoms with van der Waals surface area (Å²) in [5.41, 5.74) is -0.764. The molecule has 0 aromatic rings. The predicted molar refractivity (Wildman–Crippen MR) is 54.3 cm³/mol. The Bertz CT molecular complexity index is 294. The number of rotatable bonds is 4. The molecule has 0 unspecified atom stereocenters. The summed E-state index contributed by atoms with van der Waals surface area (Å²) in [7, 11) is 0. The van der Waals surface area contributed by atoms with Crippen molar-refractivity contribution in [2.45, 2.75) is 45.8 Å². The van der Waals surface area contributed by atoms with Crippen molar-refractivity contribution in [2.75, 3.05) is 0 Å². The highest BCUT2D eigenvalue weighted by Gasteiger charge is 2.34. The van der Waals surface area contributed by atoms with E-state index in [0.29, 0.717) is 0 Å². The molecule has 0 fully saturated rings. The van der Waals surface area contributed by atoms with Crippen LogP contribution >= 0.6 is 0 Å². The lowest BCUT2D eigenvalue weighted by molar-refractivity contribution is -0.148. The molecule has 0 aromatic carbocycles. The minimum absolute atomic E-state index is 0.761. The molecule has 0 aromatic heterocycles. The molecule has 17 heavy (non-hydrogen) atoms. The molecular formula is C10H16F3NO3. The van der Waals surface area contributed by atoms with Gasteiger partial charge in [0.2, 0.25) is 5.91 Å². The zero-order valence-corrected chi connectivity index (χ0v) is 9.89. The minimum Gasteiger partial charge on any atom is -0.480 e. The molecule has 0 aliphatic carbocycles. The highest BCUT2D eigenvalue weighted by molar-refractivity contribution is 5.84. The summed E-state index contributed by atoms with van der Waals surface area (Å²) in [4.78, 5) is 22.0. The second-order valence-electron chi connectivity index (χ2n) is 4.82. The average molecular weight is 255 g/mol. The first-order chi connectivity index (χ1) is 7.43. The molecule has 0 heterocycles. The van der Waals surface area contributed by atoms with Crippen LogP contribution in [0.3, 0.4) is 0 Å². The Morgan fingerprint density at radius 1 is 1.24 bits per heavy atom. The second kappa shape index (κ2) is 5.37. The van der Waals surface area contributed by atoms with E-state index in [1.807, 2.05) is 0 Å². The molecular weight excluding hydrogens is 239 g/mol. The number of amides is 1. The van der Waals surface area contributed by atoms with Crippen molar-refractivity contribution in [1.29, 1.82) is 0 Å². The van der Waals surface area contributed by atoms with Crippen LogP contribution in [0.2, 0.25) is 0 Å². The van der Waals surface area contributed by atoms with Crippen molar-refractivity contribution < 1.29 is 27.9 Å². The van der Waals surface area contributed by atoms with E-state index in [1.54, 1.807) is 20.8 Å². The van der Waals surface area contributed by atoms with Gasteiger partial charge in [-0.05, 0) is 5.41 Å². The van der Waals surface area contributed by atoms with Crippen molar-refractivity contribution in [1.82, 2.24) is 5.32 Å². The van der Waals surface area contributed by atoms with E-state index < -0.39 is 42.4 Å². The molecule has 0 rings (SSSR count). The molecule has 0 bridgehead atoms. The van der Waals surface area contributed by atoms with Crippen molar-refractivity contribution in [3.05, 3.63) is 0 Å². The van der Waals surface area contributed by atoms with Crippen molar-refractivity contribution in [2.24, 2.45) is 5.41 Å². The number of hydrogen-bond acceptors (Lipinski definition) is 2. The van der Waals surface area contributed by atoms with E-state index in [1.165, 1.54) is 0 Å². The number of halogens is 3. The maximum atomic E-state index is 11.8. The SMILES string of the molecule is CC(C)(C)[C@H](NC(=O)CCC(F)(F)F)C(=O)O. The third-order valence-corrected chi connectivity index (χ3v) is 2.05. The Labute approximate surface area is 97.2 Å². The van der Waals surface area contributed by atoms with Crippen LogP contribution in [0.15, 0.2) is 0 Å². The molecule has 0 aliphatic heterocycles. The Morgan fingerprint density at radius 3 is 2.00 bits per heavy atom. The normalized spacial score (nSPS) is 14.2. The summed E-state index contributed by atoms with van der Waals surface area (Å²) < 4.78 is 35.5. The van der Waals surface area contributed by atoms with Gasteiger partial charge in [0.25, 0.3) is 0 Å². The highest BCUT2D eigenvalue weighted by atomic mass is 19.4. The first-order valence-electron chi connectivity index (χ1n) is 5.02. The van der Waals surface area contributed by atoms with Gasteiger partial charge in [-0.2, -0.15) is 13.2 Å². The van der Waals surface area contributed by atoms with Crippen LogP contribution < -0.4 is 5.32 Å².